The number of hydrogen-bond acceptors (Lipinski definition) is 4. The minimum atomic E-state index is -1.27. The lowest BCUT2D eigenvalue weighted by Crippen LogP contribution is -2.15. The van der Waals surface area contributed by atoms with Crippen LogP contribution in [0.25, 0.3) is 0 Å². The van der Waals surface area contributed by atoms with Crippen LogP contribution >= 0.6 is 0 Å². The second-order valence-corrected chi connectivity index (χ2v) is 4.13. The molecule has 0 spiro atoms. The molecule has 0 saturated heterocycles. The van der Waals surface area contributed by atoms with Crippen molar-refractivity contribution in [2.45, 2.75) is 6.92 Å². The number of para-hydroxylation sites is 1. The van der Waals surface area contributed by atoms with E-state index in [9.17, 15) is 14.7 Å². The van der Waals surface area contributed by atoms with E-state index in [0.29, 0.717) is 5.56 Å². The van der Waals surface area contributed by atoms with Gasteiger partial charge in [0, 0.05) is 6.20 Å². The van der Waals surface area contributed by atoms with E-state index in [1.807, 2.05) is 0 Å². The molecule has 0 aliphatic rings. The molecule has 0 radical (unpaired) electrons. The van der Waals surface area contributed by atoms with Gasteiger partial charge < -0.3 is 15.5 Å². The van der Waals surface area contributed by atoms with Crippen LogP contribution in [0.5, 0.6) is 5.75 Å². The van der Waals surface area contributed by atoms with Crippen LogP contribution in [0, 0.1) is 6.92 Å². The second-order valence-electron chi connectivity index (χ2n) is 4.13. The molecular weight excluding hydrogens is 260 g/mol. The zero-order valence-corrected chi connectivity index (χ0v) is 10.6. The molecule has 1 amide bonds. The SMILES string of the molecule is Cc1cccnc1C(=O)Nc1cccc(C(=O)O)c1O. The summed E-state index contributed by atoms with van der Waals surface area (Å²) in [5.74, 6) is -2.27. The second kappa shape index (κ2) is 5.40. The van der Waals surface area contributed by atoms with Gasteiger partial charge in [-0.1, -0.05) is 12.1 Å². The Hall–Kier alpha value is -2.89. The zero-order chi connectivity index (χ0) is 14.7. The van der Waals surface area contributed by atoms with Crippen LogP contribution < -0.4 is 5.32 Å². The highest BCUT2D eigenvalue weighted by atomic mass is 16.4. The van der Waals surface area contributed by atoms with E-state index in [2.05, 4.69) is 10.3 Å². The third kappa shape index (κ3) is 2.59. The predicted octanol–water partition coefficient (Wildman–Crippen LogP) is 2.05. The largest absolute Gasteiger partial charge is 0.505 e. The van der Waals surface area contributed by atoms with Crippen LogP contribution in [0.2, 0.25) is 0 Å². The Morgan fingerprint density at radius 1 is 1.20 bits per heavy atom. The number of carbonyl (C=O) groups is 2. The van der Waals surface area contributed by atoms with Gasteiger partial charge in [0.2, 0.25) is 0 Å². The van der Waals surface area contributed by atoms with Crippen molar-refractivity contribution in [1.29, 1.82) is 0 Å². The van der Waals surface area contributed by atoms with E-state index in [1.54, 1.807) is 19.1 Å². The summed E-state index contributed by atoms with van der Waals surface area (Å²) in [6, 6.07) is 7.53. The Bertz CT molecular complexity index is 683. The van der Waals surface area contributed by atoms with E-state index in [1.165, 1.54) is 24.4 Å². The summed E-state index contributed by atoms with van der Waals surface area (Å²) in [4.78, 5) is 26.9. The third-order valence-corrected chi connectivity index (χ3v) is 2.74. The summed E-state index contributed by atoms with van der Waals surface area (Å²) in [5.41, 5.74) is 0.645. The fourth-order valence-corrected chi connectivity index (χ4v) is 1.72. The average molecular weight is 272 g/mol. The van der Waals surface area contributed by atoms with Gasteiger partial charge in [0.15, 0.2) is 5.75 Å². The van der Waals surface area contributed by atoms with E-state index in [-0.39, 0.29) is 16.9 Å². The summed E-state index contributed by atoms with van der Waals surface area (Å²) in [6.07, 6.45) is 1.48. The molecular formula is C14H12N2O4. The smallest absolute Gasteiger partial charge is 0.339 e. The average Bonchev–Trinajstić information content (AvgIpc) is 2.41. The van der Waals surface area contributed by atoms with Crippen molar-refractivity contribution in [2.75, 3.05) is 5.32 Å². The molecule has 1 aromatic carbocycles. The zero-order valence-electron chi connectivity index (χ0n) is 10.6. The first-order chi connectivity index (χ1) is 9.50. The number of phenols is 1. The van der Waals surface area contributed by atoms with Crippen LogP contribution in [0.1, 0.15) is 26.4 Å². The van der Waals surface area contributed by atoms with Gasteiger partial charge in [-0.2, -0.15) is 0 Å². The Morgan fingerprint density at radius 3 is 2.60 bits per heavy atom. The highest BCUT2D eigenvalue weighted by Gasteiger charge is 2.16. The minimum Gasteiger partial charge on any atom is -0.505 e. The standard InChI is InChI=1S/C14H12N2O4/c1-8-4-3-7-15-11(8)13(18)16-10-6-2-5-9(12(10)17)14(19)20/h2-7,17H,1H3,(H,16,18)(H,19,20). The van der Waals surface area contributed by atoms with Crippen LogP contribution in [-0.4, -0.2) is 27.1 Å². The lowest BCUT2D eigenvalue weighted by Gasteiger charge is -2.09. The number of carboxylic acid groups (broad SMARTS) is 1. The van der Waals surface area contributed by atoms with Crippen molar-refractivity contribution < 1.29 is 19.8 Å². The van der Waals surface area contributed by atoms with Gasteiger partial charge in [-0.3, -0.25) is 9.78 Å². The number of aromatic hydroxyl groups is 1. The van der Waals surface area contributed by atoms with Crippen molar-refractivity contribution in [3.8, 4) is 5.75 Å². The third-order valence-electron chi connectivity index (χ3n) is 2.74. The fourth-order valence-electron chi connectivity index (χ4n) is 1.72. The molecule has 1 aromatic heterocycles. The molecule has 0 saturated carbocycles. The Labute approximate surface area is 114 Å². The molecule has 3 N–H and O–H groups in total. The maximum atomic E-state index is 12.0. The van der Waals surface area contributed by atoms with Crippen LogP contribution in [0.4, 0.5) is 5.69 Å². The molecule has 6 heteroatoms. The summed E-state index contributed by atoms with van der Waals surface area (Å²) in [5, 5.41) is 21.2. The van der Waals surface area contributed by atoms with Crippen molar-refractivity contribution in [2.24, 2.45) is 0 Å². The highest BCUT2D eigenvalue weighted by Crippen LogP contribution is 2.27. The maximum absolute atomic E-state index is 12.0. The number of pyridine rings is 1. The molecule has 0 fully saturated rings. The Morgan fingerprint density at radius 2 is 1.95 bits per heavy atom. The van der Waals surface area contributed by atoms with Crippen molar-refractivity contribution in [3.63, 3.8) is 0 Å². The van der Waals surface area contributed by atoms with Crippen LogP contribution in [-0.2, 0) is 0 Å². The monoisotopic (exact) mass is 272 g/mol. The number of nitrogens with zero attached hydrogens (tertiary/aromatic N) is 1. The van der Waals surface area contributed by atoms with Gasteiger partial charge in [-0.25, -0.2) is 4.79 Å². The normalized spacial score (nSPS) is 10.1. The molecule has 0 unspecified atom stereocenters. The number of anilines is 1. The van der Waals surface area contributed by atoms with Gasteiger partial charge >= 0.3 is 5.97 Å². The number of aryl methyl sites for hydroxylation is 1. The first-order valence-corrected chi connectivity index (χ1v) is 5.79. The fraction of sp³-hybridized carbons (Fsp3) is 0.0714. The molecule has 20 heavy (non-hydrogen) atoms. The van der Waals surface area contributed by atoms with Gasteiger partial charge in [0.25, 0.3) is 5.91 Å². The molecule has 2 rings (SSSR count). The van der Waals surface area contributed by atoms with Crippen molar-refractivity contribution in [1.82, 2.24) is 4.98 Å². The summed E-state index contributed by atoms with van der Waals surface area (Å²) in [7, 11) is 0. The van der Waals surface area contributed by atoms with Gasteiger partial charge in [-0.05, 0) is 30.7 Å². The number of aromatic nitrogens is 1. The topological polar surface area (TPSA) is 99.5 Å². The first-order valence-electron chi connectivity index (χ1n) is 5.79. The van der Waals surface area contributed by atoms with Gasteiger partial charge in [0.05, 0.1) is 5.69 Å². The number of carboxylic acids is 1. The lowest BCUT2D eigenvalue weighted by atomic mass is 10.1. The molecule has 0 aliphatic heterocycles. The highest BCUT2D eigenvalue weighted by molar-refractivity contribution is 6.05. The van der Waals surface area contributed by atoms with Crippen LogP contribution in [0.3, 0.4) is 0 Å². The summed E-state index contributed by atoms with van der Waals surface area (Å²) in [6.45, 7) is 1.73. The predicted molar refractivity (Wildman–Crippen MR) is 72.0 cm³/mol. The molecule has 0 atom stereocenters. The molecule has 0 bridgehead atoms. The minimum absolute atomic E-state index is 0.0277. The molecule has 102 valence electrons. The maximum Gasteiger partial charge on any atom is 0.339 e. The van der Waals surface area contributed by atoms with E-state index in [0.717, 1.165) is 0 Å². The lowest BCUT2D eigenvalue weighted by molar-refractivity contribution is 0.0693. The number of carbonyl (C=O) groups excluding carboxylic acids is 1. The number of rotatable bonds is 3. The van der Waals surface area contributed by atoms with Crippen LogP contribution in [0.15, 0.2) is 36.5 Å². The summed E-state index contributed by atoms with van der Waals surface area (Å²) >= 11 is 0. The molecule has 0 aliphatic carbocycles. The molecule has 2 aromatic rings. The van der Waals surface area contributed by atoms with Gasteiger partial charge in [0.1, 0.15) is 11.3 Å². The molecule has 1 heterocycles. The van der Waals surface area contributed by atoms with E-state index >= 15 is 0 Å². The number of nitrogens with one attached hydrogen (secondary N) is 1. The van der Waals surface area contributed by atoms with Gasteiger partial charge in [-0.15, -0.1) is 0 Å². The van der Waals surface area contributed by atoms with Crippen molar-refractivity contribution >= 4 is 17.6 Å². The molecule has 6 nitrogen and oxygen atoms in total. The van der Waals surface area contributed by atoms with E-state index < -0.39 is 17.6 Å². The Balaban J connectivity index is 2.32. The number of hydrogen-bond donors (Lipinski definition) is 3. The number of amides is 1. The number of aromatic carboxylic acids is 1. The number of benzene rings is 1. The first kappa shape index (κ1) is 13.5. The quantitative estimate of drug-likeness (QED) is 0.742. The Kier molecular flexibility index (Phi) is 3.65. The van der Waals surface area contributed by atoms with Crippen molar-refractivity contribution in [3.05, 3.63) is 53.3 Å². The van der Waals surface area contributed by atoms with E-state index in [4.69, 9.17) is 5.11 Å². The summed E-state index contributed by atoms with van der Waals surface area (Å²) < 4.78 is 0.